The quantitative estimate of drug-likeness (QED) is 0.897. The summed E-state index contributed by atoms with van der Waals surface area (Å²) in [5, 5.41) is 3.62. The highest BCUT2D eigenvalue weighted by Crippen LogP contribution is 2.24. The summed E-state index contributed by atoms with van der Waals surface area (Å²) in [5.41, 5.74) is 1.36. The Bertz CT molecular complexity index is 409. The highest BCUT2D eigenvalue weighted by atomic mass is 16.5. The molecule has 104 valence electrons. The SMILES string of the molecule is CN1CC(Oc2ccccc2CC2CCCCN2)C1. The van der Waals surface area contributed by atoms with Crippen LogP contribution in [-0.2, 0) is 6.42 Å². The summed E-state index contributed by atoms with van der Waals surface area (Å²) in [7, 11) is 2.14. The molecule has 19 heavy (non-hydrogen) atoms. The Morgan fingerprint density at radius 2 is 2.11 bits per heavy atom. The number of likely N-dealkylation sites (N-methyl/N-ethyl adjacent to an activating group) is 1. The molecule has 2 saturated heterocycles. The van der Waals surface area contributed by atoms with Crippen LogP contribution >= 0.6 is 0 Å². The number of benzene rings is 1. The second-order valence-electron chi connectivity index (χ2n) is 5.92. The lowest BCUT2D eigenvalue weighted by atomic mass is 9.97. The van der Waals surface area contributed by atoms with Crippen molar-refractivity contribution < 1.29 is 4.74 Å². The third-order valence-electron chi connectivity index (χ3n) is 4.18. The Balaban J connectivity index is 1.63. The van der Waals surface area contributed by atoms with Crippen LogP contribution in [0.3, 0.4) is 0 Å². The summed E-state index contributed by atoms with van der Waals surface area (Å²) >= 11 is 0. The minimum Gasteiger partial charge on any atom is -0.487 e. The molecule has 3 heteroatoms. The lowest BCUT2D eigenvalue weighted by Crippen LogP contribution is -2.51. The van der Waals surface area contributed by atoms with E-state index in [2.05, 4.69) is 41.5 Å². The molecular weight excluding hydrogens is 236 g/mol. The number of likely N-dealkylation sites (tertiary alicyclic amines) is 1. The van der Waals surface area contributed by atoms with Gasteiger partial charge in [0.05, 0.1) is 0 Å². The third-order valence-corrected chi connectivity index (χ3v) is 4.18. The third kappa shape index (κ3) is 3.28. The van der Waals surface area contributed by atoms with Crippen LogP contribution in [0.25, 0.3) is 0 Å². The van der Waals surface area contributed by atoms with Crippen molar-refractivity contribution in [3.05, 3.63) is 29.8 Å². The number of para-hydroxylation sites is 1. The number of nitrogens with zero attached hydrogens (tertiary/aromatic N) is 1. The van der Waals surface area contributed by atoms with Crippen LogP contribution < -0.4 is 10.1 Å². The lowest BCUT2D eigenvalue weighted by molar-refractivity contribution is 0.0380. The fraction of sp³-hybridized carbons (Fsp3) is 0.625. The van der Waals surface area contributed by atoms with Gasteiger partial charge in [-0.05, 0) is 44.5 Å². The van der Waals surface area contributed by atoms with Gasteiger partial charge in [-0.25, -0.2) is 0 Å². The van der Waals surface area contributed by atoms with Gasteiger partial charge in [-0.3, -0.25) is 4.90 Å². The van der Waals surface area contributed by atoms with Crippen LogP contribution in [-0.4, -0.2) is 43.7 Å². The Morgan fingerprint density at radius 3 is 2.84 bits per heavy atom. The molecule has 2 heterocycles. The minimum atomic E-state index is 0.380. The highest BCUT2D eigenvalue weighted by molar-refractivity contribution is 5.34. The van der Waals surface area contributed by atoms with Crippen molar-refractivity contribution in [1.82, 2.24) is 10.2 Å². The first-order valence-corrected chi connectivity index (χ1v) is 7.48. The molecule has 0 aromatic heterocycles. The smallest absolute Gasteiger partial charge is 0.124 e. The van der Waals surface area contributed by atoms with Gasteiger partial charge >= 0.3 is 0 Å². The van der Waals surface area contributed by atoms with E-state index >= 15 is 0 Å². The molecule has 3 rings (SSSR count). The van der Waals surface area contributed by atoms with Gasteiger partial charge in [0.15, 0.2) is 0 Å². The maximum Gasteiger partial charge on any atom is 0.124 e. The van der Waals surface area contributed by atoms with Crippen LogP contribution in [0.5, 0.6) is 5.75 Å². The molecule has 2 aliphatic rings. The predicted molar refractivity (Wildman–Crippen MR) is 77.7 cm³/mol. The Labute approximate surface area is 115 Å². The molecule has 1 aromatic rings. The van der Waals surface area contributed by atoms with E-state index < -0.39 is 0 Å². The average Bonchev–Trinajstić information content (AvgIpc) is 2.40. The van der Waals surface area contributed by atoms with Crippen LogP contribution in [0.15, 0.2) is 24.3 Å². The molecular formula is C16H24N2O. The predicted octanol–water partition coefficient (Wildman–Crippen LogP) is 2.06. The molecule has 2 fully saturated rings. The molecule has 0 radical (unpaired) electrons. The molecule has 1 aromatic carbocycles. The molecule has 1 atom stereocenters. The van der Waals surface area contributed by atoms with E-state index in [1.165, 1.54) is 31.4 Å². The summed E-state index contributed by atoms with van der Waals surface area (Å²) in [5.74, 6) is 1.09. The van der Waals surface area contributed by atoms with Crippen molar-refractivity contribution in [2.24, 2.45) is 0 Å². The fourth-order valence-corrected chi connectivity index (χ4v) is 3.05. The van der Waals surface area contributed by atoms with E-state index in [1.807, 2.05) is 0 Å². The second-order valence-corrected chi connectivity index (χ2v) is 5.92. The monoisotopic (exact) mass is 260 g/mol. The number of nitrogens with one attached hydrogen (secondary N) is 1. The van der Waals surface area contributed by atoms with Crippen LogP contribution in [0.4, 0.5) is 0 Å². The fourth-order valence-electron chi connectivity index (χ4n) is 3.05. The van der Waals surface area contributed by atoms with Gasteiger partial charge in [0, 0.05) is 19.1 Å². The normalized spacial score (nSPS) is 25.0. The first-order chi connectivity index (χ1) is 9.31. The summed E-state index contributed by atoms with van der Waals surface area (Å²) in [6, 6.07) is 9.17. The molecule has 0 amide bonds. The van der Waals surface area contributed by atoms with E-state index in [0.717, 1.165) is 25.3 Å². The second kappa shape index (κ2) is 5.93. The van der Waals surface area contributed by atoms with Crippen molar-refractivity contribution in [3.8, 4) is 5.75 Å². The van der Waals surface area contributed by atoms with Gasteiger partial charge in [0.25, 0.3) is 0 Å². The molecule has 3 nitrogen and oxygen atoms in total. The largest absolute Gasteiger partial charge is 0.487 e. The van der Waals surface area contributed by atoms with Gasteiger partial charge in [-0.2, -0.15) is 0 Å². The topological polar surface area (TPSA) is 24.5 Å². The zero-order valence-electron chi connectivity index (χ0n) is 11.8. The number of rotatable bonds is 4. The van der Waals surface area contributed by atoms with E-state index in [1.54, 1.807) is 0 Å². The van der Waals surface area contributed by atoms with Gasteiger partial charge in [-0.15, -0.1) is 0 Å². The molecule has 0 spiro atoms. The van der Waals surface area contributed by atoms with Crippen molar-refractivity contribution in [3.63, 3.8) is 0 Å². The molecule has 2 aliphatic heterocycles. The van der Waals surface area contributed by atoms with Crippen molar-refractivity contribution >= 4 is 0 Å². The van der Waals surface area contributed by atoms with E-state index in [0.29, 0.717) is 12.1 Å². The number of hydrogen-bond donors (Lipinski definition) is 1. The van der Waals surface area contributed by atoms with Crippen LogP contribution in [0.1, 0.15) is 24.8 Å². The van der Waals surface area contributed by atoms with Gasteiger partial charge in [0.2, 0.25) is 0 Å². The molecule has 1 unspecified atom stereocenters. The standard InChI is InChI=1S/C16H24N2O/c1-18-11-15(12-18)19-16-8-3-2-6-13(16)10-14-7-4-5-9-17-14/h2-3,6,8,14-15,17H,4-5,7,9-12H2,1H3. The molecule has 0 saturated carbocycles. The lowest BCUT2D eigenvalue weighted by Gasteiger charge is -2.36. The zero-order valence-corrected chi connectivity index (χ0v) is 11.8. The van der Waals surface area contributed by atoms with Crippen LogP contribution in [0.2, 0.25) is 0 Å². The minimum absolute atomic E-state index is 0.380. The summed E-state index contributed by atoms with van der Waals surface area (Å²) in [6.45, 7) is 3.27. The first kappa shape index (κ1) is 12.9. The summed E-state index contributed by atoms with van der Waals surface area (Å²) in [6.07, 6.45) is 5.45. The number of piperidine rings is 1. The summed E-state index contributed by atoms with van der Waals surface area (Å²) in [4.78, 5) is 2.29. The van der Waals surface area contributed by atoms with E-state index in [9.17, 15) is 0 Å². The Morgan fingerprint density at radius 1 is 1.26 bits per heavy atom. The van der Waals surface area contributed by atoms with Crippen molar-refractivity contribution in [2.75, 3.05) is 26.7 Å². The van der Waals surface area contributed by atoms with Gasteiger partial charge in [0.1, 0.15) is 11.9 Å². The van der Waals surface area contributed by atoms with Gasteiger partial charge in [-0.1, -0.05) is 24.6 Å². The van der Waals surface area contributed by atoms with E-state index in [-0.39, 0.29) is 0 Å². The first-order valence-electron chi connectivity index (χ1n) is 7.48. The Kier molecular flexibility index (Phi) is 4.04. The maximum atomic E-state index is 6.12. The highest BCUT2D eigenvalue weighted by Gasteiger charge is 2.25. The number of ether oxygens (including phenoxy) is 1. The van der Waals surface area contributed by atoms with Crippen LogP contribution in [0, 0.1) is 0 Å². The van der Waals surface area contributed by atoms with Gasteiger partial charge < -0.3 is 10.1 Å². The van der Waals surface area contributed by atoms with Crippen molar-refractivity contribution in [2.45, 2.75) is 37.8 Å². The Hall–Kier alpha value is -1.06. The van der Waals surface area contributed by atoms with E-state index in [4.69, 9.17) is 4.74 Å². The maximum absolute atomic E-state index is 6.12. The zero-order chi connectivity index (χ0) is 13.1. The molecule has 1 N–H and O–H groups in total. The number of hydrogen-bond acceptors (Lipinski definition) is 3. The molecule has 0 bridgehead atoms. The van der Waals surface area contributed by atoms with Crippen molar-refractivity contribution in [1.29, 1.82) is 0 Å². The summed E-state index contributed by atoms with van der Waals surface area (Å²) < 4.78 is 6.12. The molecule has 0 aliphatic carbocycles. The average molecular weight is 260 g/mol.